The molecule has 0 bridgehead atoms. The van der Waals surface area contributed by atoms with Crippen LogP contribution in [0.15, 0.2) is 12.2 Å². The Morgan fingerprint density at radius 2 is 1.71 bits per heavy atom. The molecular formula is C16H28O. The van der Waals surface area contributed by atoms with E-state index in [-0.39, 0.29) is 0 Å². The first-order valence-electron chi connectivity index (χ1n) is 7.60. The summed E-state index contributed by atoms with van der Waals surface area (Å²) < 4.78 is 5.74. The van der Waals surface area contributed by atoms with Gasteiger partial charge >= 0.3 is 0 Å². The summed E-state index contributed by atoms with van der Waals surface area (Å²) in [4.78, 5) is 0. The van der Waals surface area contributed by atoms with Crippen molar-refractivity contribution in [2.24, 2.45) is 5.92 Å². The van der Waals surface area contributed by atoms with Gasteiger partial charge in [0.15, 0.2) is 0 Å². The molecule has 1 nitrogen and oxygen atoms in total. The van der Waals surface area contributed by atoms with Crippen LogP contribution in [0.25, 0.3) is 0 Å². The maximum Gasteiger partial charge on any atom is 0.0919 e. The minimum atomic E-state index is 0.303. The van der Waals surface area contributed by atoms with E-state index in [1.54, 1.807) is 0 Å². The van der Waals surface area contributed by atoms with Gasteiger partial charge in [-0.25, -0.2) is 0 Å². The van der Waals surface area contributed by atoms with Crippen LogP contribution in [-0.2, 0) is 4.74 Å². The van der Waals surface area contributed by atoms with E-state index in [0.717, 1.165) is 12.5 Å². The van der Waals surface area contributed by atoms with Crippen LogP contribution in [0.4, 0.5) is 0 Å². The molecule has 17 heavy (non-hydrogen) atoms. The van der Waals surface area contributed by atoms with Crippen LogP contribution in [0.3, 0.4) is 0 Å². The highest BCUT2D eigenvalue weighted by molar-refractivity contribution is 4.95. The molecule has 0 N–H and O–H groups in total. The zero-order valence-electron chi connectivity index (χ0n) is 11.4. The molecule has 2 rings (SSSR count). The Kier molecular flexibility index (Phi) is 5.09. The molecule has 2 atom stereocenters. The second-order valence-electron chi connectivity index (χ2n) is 6.15. The van der Waals surface area contributed by atoms with Crippen molar-refractivity contribution >= 4 is 0 Å². The van der Waals surface area contributed by atoms with Crippen LogP contribution in [0.1, 0.15) is 71.1 Å². The number of ether oxygens (including phenoxy) is 1. The van der Waals surface area contributed by atoms with Crippen LogP contribution in [-0.4, -0.2) is 12.2 Å². The Hall–Kier alpha value is -0.300. The molecule has 0 amide bonds. The molecular weight excluding hydrogens is 208 g/mol. The summed E-state index contributed by atoms with van der Waals surface area (Å²) in [6.07, 6.45) is 18.3. The van der Waals surface area contributed by atoms with Crippen LogP contribution < -0.4 is 0 Å². The standard InChI is InChI=1S/C16H28O/c1-15-11-9-7-5-3-2-4-6-8-10-12-16(13-15)14-17-16/h7,9,15H,2-6,8,10-14H2,1H3. The Morgan fingerprint density at radius 3 is 2.47 bits per heavy atom. The second-order valence-corrected chi connectivity index (χ2v) is 6.15. The quantitative estimate of drug-likeness (QED) is 0.432. The Bertz CT molecular complexity index is 240. The summed E-state index contributed by atoms with van der Waals surface area (Å²) in [5, 5.41) is 0. The molecule has 1 heteroatoms. The SMILES string of the molecule is CC1CC=CCCCCCCCCC2(CO2)C1. The minimum Gasteiger partial charge on any atom is -0.370 e. The van der Waals surface area contributed by atoms with Crippen LogP contribution >= 0.6 is 0 Å². The van der Waals surface area contributed by atoms with Gasteiger partial charge in [-0.15, -0.1) is 0 Å². The highest BCUT2D eigenvalue weighted by atomic mass is 16.6. The van der Waals surface area contributed by atoms with E-state index in [9.17, 15) is 0 Å². The topological polar surface area (TPSA) is 12.5 Å². The van der Waals surface area contributed by atoms with Crippen molar-refractivity contribution < 1.29 is 4.74 Å². The van der Waals surface area contributed by atoms with Gasteiger partial charge in [0.05, 0.1) is 12.2 Å². The summed E-state index contributed by atoms with van der Waals surface area (Å²) in [5.41, 5.74) is 0.303. The fraction of sp³-hybridized carbons (Fsp3) is 0.875. The lowest BCUT2D eigenvalue weighted by molar-refractivity contribution is 0.239. The van der Waals surface area contributed by atoms with Crippen LogP contribution in [0, 0.1) is 5.92 Å². The predicted molar refractivity (Wildman–Crippen MR) is 73.2 cm³/mol. The highest BCUT2D eigenvalue weighted by Crippen LogP contribution is 2.39. The van der Waals surface area contributed by atoms with Gasteiger partial charge in [0.1, 0.15) is 0 Å². The lowest BCUT2D eigenvalue weighted by Crippen LogP contribution is -2.15. The summed E-state index contributed by atoms with van der Waals surface area (Å²) in [7, 11) is 0. The maximum absolute atomic E-state index is 5.74. The summed E-state index contributed by atoms with van der Waals surface area (Å²) in [5.74, 6) is 0.789. The van der Waals surface area contributed by atoms with Gasteiger partial charge in [-0.3, -0.25) is 0 Å². The molecule has 2 unspecified atom stereocenters. The summed E-state index contributed by atoms with van der Waals surface area (Å²) in [6, 6.07) is 0. The molecule has 1 heterocycles. The lowest BCUT2D eigenvalue weighted by atomic mass is 9.89. The smallest absolute Gasteiger partial charge is 0.0919 e. The van der Waals surface area contributed by atoms with E-state index in [0.29, 0.717) is 5.60 Å². The van der Waals surface area contributed by atoms with Gasteiger partial charge < -0.3 is 4.74 Å². The van der Waals surface area contributed by atoms with Crippen molar-refractivity contribution in [2.75, 3.05) is 6.61 Å². The zero-order chi connectivity index (χ0) is 12.0. The molecule has 0 aromatic heterocycles. The molecule has 1 aliphatic carbocycles. The first-order chi connectivity index (χ1) is 8.31. The molecule has 1 spiro atoms. The number of hydrogen-bond donors (Lipinski definition) is 0. The molecule has 98 valence electrons. The number of hydrogen-bond acceptors (Lipinski definition) is 1. The number of allylic oxidation sites excluding steroid dienone is 2. The molecule has 0 aromatic rings. The Labute approximate surface area is 107 Å². The Balaban J connectivity index is 1.80. The third kappa shape index (κ3) is 4.83. The average molecular weight is 236 g/mol. The van der Waals surface area contributed by atoms with E-state index in [1.807, 2.05) is 0 Å². The van der Waals surface area contributed by atoms with Gasteiger partial charge in [0.2, 0.25) is 0 Å². The number of epoxide rings is 1. The van der Waals surface area contributed by atoms with Gasteiger partial charge in [0.25, 0.3) is 0 Å². The zero-order valence-corrected chi connectivity index (χ0v) is 11.4. The average Bonchev–Trinajstić information content (AvgIpc) is 3.05. The Morgan fingerprint density at radius 1 is 1.00 bits per heavy atom. The van der Waals surface area contributed by atoms with Crippen molar-refractivity contribution in [3.05, 3.63) is 12.2 Å². The first-order valence-corrected chi connectivity index (χ1v) is 7.60. The summed E-state index contributed by atoms with van der Waals surface area (Å²) in [6.45, 7) is 3.40. The normalized spacial score (nSPS) is 36.6. The van der Waals surface area contributed by atoms with Crippen LogP contribution in [0.2, 0.25) is 0 Å². The van der Waals surface area contributed by atoms with E-state index in [4.69, 9.17) is 4.74 Å². The molecule has 0 saturated carbocycles. The fourth-order valence-electron chi connectivity index (χ4n) is 3.05. The van der Waals surface area contributed by atoms with Gasteiger partial charge in [0, 0.05) is 0 Å². The first kappa shape index (κ1) is 13.1. The van der Waals surface area contributed by atoms with Crippen molar-refractivity contribution in [1.82, 2.24) is 0 Å². The van der Waals surface area contributed by atoms with Crippen LogP contribution in [0.5, 0.6) is 0 Å². The van der Waals surface area contributed by atoms with Crippen molar-refractivity contribution in [2.45, 2.75) is 76.7 Å². The van der Waals surface area contributed by atoms with E-state index in [1.165, 1.54) is 64.2 Å². The highest BCUT2D eigenvalue weighted by Gasteiger charge is 2.44. The van der Waals surface area contributed by atoms with E-state index in [2.05, 4.69) is 19.1 Å². The van der Waals surface area contributed by atoms with Gasteiger partial charge in [-0.2, -0.15) is 0 Å². The van der Waals surface area contributed by atoms with Crippen molar-refractivity contribution in [3.63, 3.8) is 0 Å². The van der Waals surface area contributed by atoms with Crippen molar-refractivity contribution in [1.29, 1.82) is 0 Å². The van der Waals surface area contributed by atoms with E-state index < -0.39 is 0 Å². The molecule has 1 aliphatic heterocycles. The second kappa shape index (κ2) is 6.58. The maximum atomic E-state index is 5.74. The monoisotopic (exact) mass is 236 g/mol. The number of rotatable bonds is 0. The van der Waals surface area contributed by atoms with Gasteiger partial charge in [-0.1, -0.05) is 51.2 Å². The van der Waals surface area contributed by atoms with E-state index >= 15 is 0 Å². The molecule has 1 saturated heterocycles. The third-order valence-electron chi connectivity index (χ3n) is 4.23. The molecule has 0 radical (unpaired) electrons. The molecule has 2 aliphatic rings. The minimum absolute atomic E-state index is 0.303. The largest absolute Gasteiger partial charge is 0.370 e. The predicted octanol–water partition coefficient (Wildman–Crippen LogP) is 4.86. The molecule has 1 fully saturated rings. The van der Waals surface area contributed by atoms with Gasteiger partial charge in [-0.05, 0) is 38.0 Å². The third-order valence-corrected chi connectivity index (χ3v) is 4.23. The van der Waals surface area contributed by atoms with Crippen molar-refractivity contribution in [3.8, 4) is 0 Å². The summed E-state index contributed by atoms with van der Waals surface area (Å²) >= 11 is 0. The lowest BCUT2D eigenvalue weighted by Gasteiger charge is -2.16. The molecule has 0 aromatic carbocycles. The fourth-order valence-corrected chi connectivity index (χ4v) is 3.05.